The lowest BCUT2D eigenvalue weighted by Crippen LogP contribution is -2.02. The first-order chi connectivity index (χ1) is 17.9. The third-order valence-electron chi connectivity index (χ3n) is 5.64. The maximum absolute atomic E-state index is 11.8. The highest BCUT2D eigenvalue weighted by molar-refractivity contribution is 7.39. The molecule has 180 valence electrons. The summed E-state index contributed by atoms with van der Waals surface area (Å²) in [5.74, 6) is -0.866. The van der Waals surface area contributed by atoms with Gasteiger partial charge in [0.25, 0.3) is 0 Å². The molecule has 0 amide bonds. The van der Waals surface area contributed by atoms with Crippen LogP contribution in [0.5, 0.6) is 0 Å². The minimum absolute atomic E-state index is 0.0207. The number of hydrogen-bond acceptors (Lipinski definition) is 8. The van der Waals surface area contributed by atoms with Crippen molar-refractivity contribution in [1.29, 1.82) is 0 Å². The molecule has 0 aromatic carbocycles. The van der Waals surface area contributed by atoms with E-state index >= 15 is 0 Å². The third kappa shape index (κ3) is 4.39. The minimum atomic E-state index is -1.15. The van der Waals surface area contributed by atoms with Crippen LogP contribution in [0, 0.1) is 0 Å². The van der Waals surface area contributed by atoms with Crippen molar-refractivity contribution in [2.75, 3.05) is 0 Å². The number of aromatic carboxylic acids is 2. The van der Waals surface area contributed by atoms with E-state index in [4.69, 9.17) is 4.42 Å². The molecule has 0 unspecified atom stereocenters. The van der Waals surface area contributed by atoms with Crippen molar-refractivity contribution < 1.29 is 24.2 Å². The number of carboxylic acid groups (broad SMARTS) is 2. The molecule has 2 N–H and O–H groups in total. The summed E-state index contributed by atoms with van der Waals surface area (Å²) >= 11 is 3.37. The number of carbonyl (C=O) groups is 2. The van der Waals surface area contributed by atoms with Crippen LogP contribution in [0.2, 0.25) is 0 Å². The van der Waals surface area contributed by atoms with Crippen LogP contribution in [0.1, 0.15) is 20.7 Å². The van der Waals surface area contributed by atoms with Crippen molar-refractivity contribution in [1.82, 2.24) is 15.0 Å². The lowest BCUT2D eigenvalue weighted by molar-refractivity contribution is 0.0686. The second-order valence-corrected chi connectivity index (χ2v) is 10.3. The van der Waals surface area contributed by atoms with Crippen LogP contribution in [-0.4, -0.2) is 37.1 Å². The fourth-order valence-electron chi connectivity index (χ4n) is 3.86. The van der Waals surface area contributed by atoms with Gasteiger partial charge in [-0.15, -0.1) is 22.7 Å². The van der Waals surface area contributed by atoms with E-state index in [0.717, 1.165) is 16.2 Å². The molecule has 0 aliphatic heterocycles. The lowest BCUT2D eigenvalue weighted by Gasteiger charge is -2.08. The van der Waals surface area contributed by atoms with E-state index in [1.807, 2.05) is 12.1 Å². The van der Waals surface area contributed by atoms with Crippen LogP contribution in [0.4, 0.5) is 0 Å². The van der Waals surface area contributed by atoms with E-state index in [0.29, 0.717) is 17.1 Å². The Balaban J connectivity index is 1.39. The Kier molecular flexibility index (Phi) is 5.59. The normalized spacial score (nSPS) is 11.1. The van der Waals surface area contributed by atoms with Crippen LogP contribution in [0.25, 0.3) is 54.1 Å². The molecule has 0 saturated carbocycles. The second kappa shape index (κ2) is 9.08. The maximum Gasteiger partial charge on any atom is 0.335 e. The zero-order valence-corrected chi connectivity index (χ0v) is 20.4. The van der Waals surface area contributed by atoms with Crippen LogP contribution in [0.15, 0.2) is 82.9 Å². The van der Waals surface area contributed by atoms with E-state index < -0.39 is 11.9 Å². The van der Waals surface area contributed by atoms with Gasteiger partial charge in [0.2, 0.25) is 0 Å². The van der Waals surface area contributed by atoms with E-state index in [-0.39, 0.29) is 22.5 Å². The summed E-state index contributed by atoms with van der Waals surface area (Å²) in [5.41, 5.74) is 1.97. The minimum Gasteiger partial charge on any atom is -0.478 e. The first-order valence-corrected chi connectivity index (χ1v) is 12.6. The molecule has 10 heteroatoms. The average molecular weight is 526 g/mol. The van der Waals surface area contributed by atoms with Gasteiger partial charge in [0.1, 0.15) is 11.5 Å². The third-order valence-corrected chi connectivity index (χ3v) is 7.87. The largest absolute Gasteiger partial charge is 0.478 e. The molecule has 0 aliphatic rings. The van der Waals surface area contributed by atoms with Gasteiger partial charge in [-0.2, -0.15) is 0 Å². The molecule has 6 aromatic rings. The Hall–Kier alpha value is -4.67. The Labute approximate surface area is 217 Å². The highest BCUT2D eigenvalue weighted by Crippen LogP contribution is 2.39. The molecule has 0 radical (unpaired) electrons. The van der Waals surface area contributed by atoms with Crippen molar-refractivity contribution in [3.05, 3.63) is 89.6 Å². The maximum atomic E-state index is 11.8. The number of carboxylic acids is 2. The lowest BCUT2D eigenvalue weighted by atomic mass is 10.1. The van der Waals surface area contributed by atoms with Crippen LogP contribution in [-0.2, 0) is 0 Å². The van der Waals surface area contributed by atoms with Gasteiger partial charge in [0.05, 0.1) is 42.8 Å². The summed E-state index contributed by atoms with van der Waals surface area (Å²) in [6.07, 6.45) is 2.95. The summed E-state index contributed by atoms with van der Waals surface area (Å²) in [5, 5.41) is 22.2. The van der Waals surface area contributed by atoms with E-state index in [2.05, 4.69) is 32.5 Å². The highest BCUT2D eigenvalue weighted by Gasteiger charge is 2.16. The SMILES string of the molecule is O=C(O)c1ccnc(-c2cc(C(=O)O)cc(-c3cc(-c4ccc(-c5cc6ccsc6s5)o4)ccn3)n2)c1. The number of furan rings is 1. The number of nitrogens with zero attached hydrogens (tertiary/aromatic N) is 3. The van der Waals surface area contributed by atoms with Crippen LogP contribution < -0.4 is 0 Å². The van der Waals surface area contributed by atoms with Crippen molar-refractivity contribution in [3.8, 4) is 44.7 Å². The van der Waals surface area contributed by atoms with E-state index in [1.54, 1.807) is 41.0 Å². The van der Waals surface area contributed by atoms with Gasteiger partial charge in [-0.25, -0.2) is 14.6 Å². The standard InChI is InChI=1S/C27H15N3O5S2/c31-25(32)15-4-7-29-19(10-15)21-12-17(26(33)34)11-20(30-21)18-9-14(3-6-28-18)22-1-2-23(35-22)24-13-16-5-8-36-27(16)37-24/h1-13H,(H,31,32)(H,33,34). The number of aromatic nitrogens is 3. The topological polar surface area (TPSA) is 126 Å². The summed E-state index contributed by atoms with van der Waals surface area (Å²) in [7, 11) is 0. The molecule has 0 bridgehead atoms. The predicted molar refractivity (Wildman–Crippen MR) is 141 cm³/mol. The molecule has 37 heavy (non-hydrogen) atoms. The monoisotopic (exact) mass is 525 g/mol. The van der Waals surface area contributed by atoms with Crippen molar-refractivity contribution >= 4 is 44.0 Å². The Bertz CT molecular complexity index is 1790. The summed E-state index contributed by atoms with van der Waals surface area (Å²) in [4.78, 5) is 37.4. The smallest absolute Gasteiger partial charge is 0.335 e. The van der Waals surface area contributed by atoms with E-state index in [1.165, 1.54) is 39.9 Å². The van der Waals surface area contributed by atoms with Crippen LogP contribution in [0.3, 0.4) is 0 Å². The van der Waals surface area contributed by atoms with Gasteiger partial charge in [-0.3, -0.25) is 9.97 Å². The molecule has 0 atom stereocenters. The molecule has 0 aliphatic carbocycles. The first-order valence-electron chi connectivity index (χ1n) is 10.9. The van der Waals surface area contributed by atoms with E-state index in [9.17, 15) is 19.8 Å². The quantitative estimate of drug-likeness (QED) is 0.243. The predicted octanol–water partition coefficient (Wildman–Crippen LogP) is 6.81. The van der Waals surface area contributed by atoms with Gasteiger partial charge in [-0.1, -0.05) is 0 Å². The molecule has 6 rings (SSSR count). The summed E-state index contributed by atoms with van der Waals surface area (Å²) < 4.78 is 7.38. The molecule has 8 nitrogen and oxygen atoms in total. The summed E-state index contributed by atoms with van der Waals surface area (Å²) in [6.45, 7) is 0. The fourth-order valence-corrected chi connectivity index (χ4v) is 5.93. The molecule has 0 fully saturated rings. The fraction of sp³-hybridized carbons (Fsp3) is 0. The van der Waals surface area contributed by atoms with Crippen molar-refractivity contribution in [3.63, 3.8) is 0 Å². The summed E-state index contributed by atoms with van der Waals surface area (Å²) in [6, 6.07) is 17.1. The zero-order chi connectivity index (χ0) is 25.5. The molecule has 6 aromatic heterocycles. The Morgan fingerprint density at radius 2 is 1.41 bits per heavy atom. The molecule has 0 spiro atoms. The molecule has 6 heterocycles. The van der Waals surface area contributed by atoms with Gasteiger partial charge >= 0.3 is 11.9 Å². The Morgan fingerprint density at radius 3 is 2.14 bits per heavy atom. The van der Waals surface area contributed by atoms with Gasteiger partial charge in [0.15, 0.2) is 0 Å². The number of thiophene rings is 2. The van der Waals surface area contributed by atoms with Crippen LogP contribution >= 0.6 is 22.7 Å². The number of fused-ring (bicyclic) bond motifs is 1. The first kappa shape index (κ1) is 22.8. The van der Waals surface area contributed by atoms with Crippen molar-refractivity contribution in [2.24, 2.45) is 0 Å². The highest BCUT2D eigenvalue weighted by atomic mass is 32.2. The van der Waals surface area contributed by atoms with Gasteiger partial charge in [0, 0.05) is 23.3 Å². The average Bonchev–Trinajstić information content (AvgIpc) is 3.65. The number of hydrogen-bond donors (Lipinski definition) is 2. The van der Waals surface area contributed by atoms with Crippen molar-refractivity contribution in [2.45, 2.75) is 0 Å². The zero-order valence-electron chi connectivity index (χ0n) is 18.8. The van der Waals surface area contributed by atoms with Gasteiger partial charge in [-0.05, 0) is 66.0 Å². The molecular formula is C27H15N3O5S2. The number of rotatable bonds is 6. The second-order valence-electron chi connectivity index (χ2n) is 8.03. The number of pyridine rings is 3. The Morgan fingerprint density at radius 1 is 0.730 bits per heavy atom. The molecule has 0 saturated heterocycles. The molecular weight excluding hydrogens is 510 g/mol. The van der Waals surface area contributed by atoms with Gasteiger partial charge < -0.3 is 14.6 Å².